The maximum absolute atomic E-state index is 12.7. The van der Waals surface area contributed by atoms with Gasteiger partial charge < -0.3 is 4.90 Å². The summed E-state index contributed by atoms with van der Waals surface area (Å²) in [5.74, 6) is 0.387. The lowest BCUT2D eigenvalue weighted by Gasteiger charge is -2.33. The van der Waals surface area contributed by atoms with Gasteiger partial charge in [-0.3, -0.25) is 9.89 Å². The molecule has 0 aliphatic carbocycles. The number of amides is 1. The third-order valence-corrected chi connectivity index (χ3v) is 5.14. The number of nitrogens with zero attached hydrogens (tertiary/aromatic N) is 2. The van der Waals surface area contributed by atoms with Crippen LogP contribution in [0.3, 0.4) is 0 Å². The van der Waals surface area contributed by atoms with E-state index in [4.69, 9.17) is 23.2 Å². The van der Waals surface area contributed by atoms with Gasteiger partial charge in [0.15, 0.2) is 0 Å². The smallest absolute Gasteiger partial charge is 0.229 e. The van der Waals surface area contributed by atoms with E-state index in [1.165, 1.54) is 0 Å². The number of fused-ring (bicyclic) bond motifs is 1. The topological polar surface area (TPSA) is 49.0 Å². The van der Waals surface area contributed by atoms with Crippen LogP contribution in [0.2, 0.25) is 5.02 Å². The molecule has 6 heteroatoms. The van der Waals surface area contributed by atoms with Crippen LogP contribution in [-0.4, -0.2) is 33.4 Å². The number of carbonyl (C=O) groups is 1. The first-order chi connectivity index (χ1) is 10.9. The van der Waals surface area contributed by atoms with Crippen LogP contribution in [0.15, 0.2) is 24.3 Å². The molecule has 23 heavy (non-hydrogen) atoms. The average molecular weight is 352 g/mol. The highest BCUT2D eigenvalue weighted by Gasteiger charge is 2.34. The fourth-order valence-electron chi connectivity index (χ4n) is 2.83. The van der Waals surface area contributed by atoms with Gasteiger partial charge in [-0.1, -0.05) is 23.7 Å². The van der Waals surface area contributed by atoms with Crippen molar-refractivity contribution in [1.82, 2.24) is 15.1 Å². The molecule has 2 aromatic rings. The number of alkyl halides is 1. The summed E-state index contributed by atoms with van der Waals surface area (Å²) in [4.78, 5) is 14.5. The number of aromatic amines is 1. The number of nitrogens with one attached hydrogen (secondary N) is 1. The van der Waals surface area contributed by atoms with Crippen molar-refractivity contribution >= 4 is 29.1 Å². The van der Waals surface area contributed by atoms with Gasteiger partial charge in [-0.15, -0.1) is 11.6 Å². The molecule has 2 heterocycles. The first kappa shape index (κ1) is 16.3. The zero-order valence-electron chi connectivity index (χ0n) is 13.2. The van der Waals surface area contributed by atoms with Crippen LogP contribution < -0.4 is 0 Å². The Morgan fingerprint density at radius 1 is 1.43 bits per heavy atom. The van der Waals surface area contributed by atoms with E-state index >= 15 is 0 Å². The quantitative estimate of drug-likeness (QED) is 0.853. The summed E-state index contributed by atoms with van der Waals surface area (Å²) in [5, 5.41) is 8.21. The summed E-state index contributed by atoms with van der Waals surface area (Å²) < 4.78 is 0. The van der Waals surface area contributed by atoms with Crippen LogP contribution >= 0.6 is 23.2 Å². The predicted octanol–water partition coefficient (Wildman–Crippen LogP) is 3.88. The van der Waals surface area contributed by atoms with Gasteiger partial charge >= 0.3 is 0 Å². The van der Waals surface area contributed by atoms with Gasteiger partial charge in [0.1, 0.15) is 0 Å². The minimum absolute atomic E-state index is 0.0800. The van der Waals surface area contributed by atoms with Gasteiger partial charge in [0.2, 0.25) is 5.91 Å². The Kier molecular flexibility index (Phi) is 4.39. The first-order valence-electron chi connectivity index (χ1n) is 7.60. The number of rotatable bonds is 3. The van der Waals surface area contributed by atoms with E-state index in [1.807, 2.05) is 43.0 Å². The SMILES string of the molecule is CC(C)(CCl)C(=O)N1CCc2[nH]nc(-c3cccc(Cl)c3)c2C1. The van der Waals surface area contributed by atoms with Gasteiger partial charge in [-0.25, -0.2) is 0 Å². The van der Waals surface area contributed by atoms with Crippen molar-refractivity contribution in [2.75, 3.05) is 12.4 Å². The molecule has 0 saturated carbocycles. The summed E-state index contributed by atoms with van der Waals surface area (Å²) in [6, 6.07) is 7.61. The molecular formula is C17H19Cl2N3O. The third-order valence-electron chi connectivity index (χ3n) is 4.23. The second kappa shape index (κ2) is 6.17. The van der Waals surface area contributed by atoms with Gasteiger partial charge in [-0.2, -0.15) is 5.10 Å². The highest BCUT2D eigenvalue weighted by molar-refractivity contribution is 6.30. The molecule has 1 aromatic carbocycles. The Bertz CT molecular complexity index is 739. The molecule has 1 aromatic heterocycles. The number of carbonyl (C=O) groups excluding carboxylic acids is 1. The highest BCUT2D eigenvalue weighted by atomic mass is 35.5. The molecule has 1 aliphatic heterocycles. The number of hydrogen-bond donors (Lipinski definition) is 1. The van der Waals surface area contributed by atoms with Crippen molar-refractivity contribution in [2.45, 2.75) is 26.8 Å². The normalized spacial score (nSPS) is 14.7. The van der Waals surface area contributed by atoms with Gasteiger partial charge in [-0.05, 0) is 26.0 Å². The fraction of sp³-hybridized carbons (Fsp3) is 0.412. The largest absolute Gasteiger partial charge is 0.337 e. The van der Waals surface area contributed by atoms with E-state index in [1.54, 1.807) is 0 Å². The summed E-state index contributed by atoms with van der Waals surface area (Å²) >= 11 is 12.0. The fourth-order valence-corrected chi connectivity index (χ4v) is 3.13. The number of aromatic nitrogens is 2. The highest BCUT2D eigenvalue weighted by Crippen LogP contribution is 2.31. The molecule has 4 nitrogen and oxygen atoms in total. The molecule has 1 N–H and O–H groups in total. The van der Waals surface area contributed by atoms with Crippen molar-refractivity contribution in [3.05, 3.63) is 40.5 Å². The van der Waals surface area contributed by atoms with E-state index in [-0.39, 0.29) is 5.91 Å². The monoisotopic (exact) mass is 351 g/mol. The molecule has 0 atom stereocenters. The summed E-state index contributed by atoms with van der Waals surface area (Å²) in [7, 11) is 0. The van der Waals surface area contributed by atoms with Crippen LogP contribution in [0.1, 0.15) is 25.1 Å². The van der Waals surface area contributed by atoms with Gasteiger partial charge in [0.25, 0.3) is 0 Å². The van der Waals surface area contributed by atoms with E-state index in [0.29, 0.717) is 24.0 Å². The summed E-state index contributed by atoms with van der Waals surface area (Å²) in [5.41, 5.74) is 3.42. The van der Waals surface area contributed by atoms with E-state index in [2.05, 4.69) is 10.2 Å². The Balaban J connectivity index is 1.92. The lowest BCUT2D eigenvalue weighted by molar-refractivity contribution is -0.140. The van der Waals surface area contributed by atoms with Crippen LogP contribution in [0.25, 0.3) is 11.3 Å². The average Bonchev–Trinajstić information content (AvgIpc) is 2.97. The number of halogens is 2. The van der Waals surface area contributed by atoms with Gasteiger partial charge in [0.05, 0.1) is 11.1 Å². The zero-order valence-corrected chi connectivity index (χ0v) is 14.7. The van der Waals surface area contributed by atoms with Crippen LogP contribution in [0.5, 0.6) is 0 Å². The van der Waals surface area contributed by atoms with Crippen molar-refractivity contribution in [3.63, 3.8) is 0 Å². The van der Waals surface area contributed by atoms with E-state index in [9.17, 15) is 4.79 Å². The van der Waals surface area contributed by atoms with Crippen LogP contribution in [-0.2, 0) is 17.8 Å². The molecule has 3 rings (SSSR count). The van der Waals surface area contributed by atoms with Crippen LogP contribution in [0, 0.1) is 5.41 Å². The summed E-state index contributed by atoms with van der Waals surface area (Å²) in [6.45, 7) is 4.99. The molecule has 1 amide bonds. The molecule has 0 spiro atoms. The minimum atomic E-state index is -0.557. The lowest BCUT2D eigenvalue weighted by Crippen LogP contribution is -2.44. The molecular weight excluding hydrogens is 333 g/mol. The molecule has 0 fully saturated rings. The maximum Gasteiger partial charge on any atom is 0.229 e. The molecule has 0 bridgehead atoms. The summed E-state index contributed by atoms with van der Waals surface area (Å²) in [6.07, 6.45) is 0.771. The first-order valence-corrected chi connectivity index (χ1v) is 8.51. The molecule has 122 valence electrons. The Morgan fingerprint density at radius 3 is 2.91 bits per heavy atom. The standard InChI is InChI=1S/C17H19Cl2N3O/c1-17(2,10-18)16(23)22-7-6-14-13(9-22)15(21-20-14)11-4-3-5-12(19)8-11/h3-5,8H,6-7,9-10H2,1-2H3,(H,20,21). The molecule has 0 saturated heterocycles. The number of benzene rings is 1. The Morgan fingerprint density at radius 2 is 2.22 bits per heavy atom. The Labute approximate surface area is 145 Å². The second-order valence-electron chi connectivity index (χ2n) is 6.53. The van der Waals surface area contributed by atoms with Crippen molar-refractivity contribution in [3.8, 4) is 11.3 Å². The zero-order chi connectivity index (χ0) is 16.6. The third kappa shape index (κ3) is 3.10. The minimum Gasteiger partial charge on any atom is -0.337 e. The van der Waals surface area contributed by atoms with Crippen molar-refractivity contribution < 1.29 is 4.79 Å². The Hall–Kier alpha value is -1.52. The van der Waals surface area contributed by atoms with E-state index < -0.39 is 5.41 Å². The number of H-pyrrole nitrogens is 1. The molecule has 0 unspecified atom stereocenters. The van der Waals surface area contributed by atoms with Gasteiger partial charge in [0, 0.05) is 47.2 Å². The van der Waals surface area contributed by atoms with Crippen LogP contribution in [0.4, 0.5) is 0 Å². The predicted molar refractivity (Wildman–Crippen MR) is 92.7 cm³/mol. The maximum atomic E-state index is 12.7. The lowest BCUT2D eigenvalue weighted by atomic mass is 9.92. The second-order valence-corrected chi connectivity index (χ2v) is 7.24. The van der Waals surface area contributed by atoms with Crippen molar-refractivity contribution in [1.29, 1.82) is 0 Å². The van der Waals surface area contributed by atoms with Crippen molar-refractivity contribution in [2.24, 2.45) is 5.41 Å². The van der Waals surface area contributed by atoms with E-state index in [0.717, 1.165) is 28.9 Å². The molecule has 1 aliphatic rings. The number of hydrogen-bond acceptors (Lipinski definition) is 2. The molecule has 0 radical (unpaired) electrons.